The molecular formula is C5H9N3. The molecule has 3 heteroatoms. The number of hydrogen-bond donors (Lipinski definition) is 1. The summed E-state index contributed by atoms with van der Waals surface area (Å²) in [6.07, 6.45) is 2.33. The first-order chi connectivity index (χ1) is 3.84. The van der Waals surface area contributed by atoms with E-state index in [1.807, 2.05) is 6.07 Å². The summed E-state index contributed by atoms with van der Waals surface area (Å²) >= 11 is 0. The van der Waals surface area contributed by atoms with Crippen LogP contribution in [0.1, 0.15) is 12.8 Å². The number of nitrogens with zero attached hydrogens (tertiary/aromatic N) is 2. The molecule has 0 aromatic rings. The van der Waals surface area contributed by atoms with Crippen LogP contribution in [0.3, 0.4) is 0 Å². The maximum absolute atomic E-state index is 8.14. The summed E-state index contributed by atoms with van der Waals surface area (Å²) in [6.45, 7) is 0.366. The van der Waals surface area contributed by atoms with Gasteiger partial charge in [-0.1, -0.05) is 0 Å². The SMILES string of the molecule is N#CCN(N)C1CC1. The van der Waals surface area contributed by atoms with Crippen LogP contribution in [0.25, 0.3) is 0 Å². The molecule has 0 spiro atoms. The van der Waals surface area contributed by atoms with E-state index in [-0.39, 0.29) is 0 Å². The molecule has 0 aromatic carbocycles. The molecule has 0 unspecified atom stereocenters. The molecule has 1 saturated carbocycles. The Kier molecular flexibility index (Phi) is 1.47. The van der Waals surface area contributed by atoms with Crippen LogP contribution in [0.5, 0.6) is 0 Å². The van der Waals surface area contributed by atoms with Crippen molar-refractivity contribution in [2.45, 2.75) is 18.9 Å². The van der Waals surface area contributed by atoms with Crippen LogP contribution in [-0.4, -0.2) is 17.6 Å². The van der Waals surface area contributed by atoms with Gasteiger partial charge in [0.05, 0.1) is 6.07 Å². The second kappa shape index (κ2) is 2.12. The standard InChI is InChI=1S/C5H9N3/c6-3-4-8(7)5-1-2-5/h5H,1-2,4,7H2. The highest BCUT2D eigenvalue weighted by Crippen LogP contribution is 2.23. The van der Waals surface area contributed by atoms with E-state index < -0.39 is 0 Å². The van der Waals surface area contributed by atoms with Crippen molar-refractivity contribution >= 4 is 0 Å². The Labute approximate surface area is 48.7 Å². The summed E-state index contributed by atoms with van der Waals surface area (Å²) in [5, 5.41) is 9.74. The molecule has 2 N–H and O–H groups in total. The lowest BCUT2D eigenvalue weighted by molar-refractivity contribution is 0.307. The maximum Gasteiger partial charge on any atom is 0.100 e. The van der Waals surface area contributed by atoms with Gasteiger partial charge in [0.25, 0.3) is 0 Å². The minimum Gasteiger partial charge on any atom is -0.268 e. The van der Waals surface area contributed by atoms with Gasteiger partial charge in [-0.25, -0.2) is 5.01 Å². The largest absolute Gasteiger partial charge is 0.268 e. The fourth-order valence-corrected chi connectivity index (χ4v) is 0.617. The summed E-state index contributed by atoms with van der Waals surface area (Å²) in [5.74, 6) is 5.40. The molecule has 1 fully saturated rings. The van der Waals surface area contributed by atoms with E-state index in [9.17, 15) is 0 Å². The first-order valence-corrected chi connectivity index (χ1v) is 2.73. The Morgan fingerprint density at radius 3 is 2.75 bits per heavy atom. The van der Waals surface area contributed by atoms with Gasteiger partial charge >= 0.3 is 0 Å². The lowest BCUT2D eigenvalue weighted by Gasteiger charge is -2.07. The smallest absolute Gasteiger partial charge is 0.100 e. The highest BCUT2D eigenvalue weighted by Gasteiger charge is 2.26. The third-order valence-electron chi connectivity index (χ3n) is 1.27. The van der Waals surface area contributed by atoms with Gasteiger partial charge in [-0.05, 0) is 12.8 Å². The van der Waals surface area contributed by atoms with Crippen LogP contribution in [0.2, 0.25) is 0 Å². The zero-order chi connectivity index (χ0) is 5.98. The minimum atomic E-state index is 0.366. The molecule has 0 heterocycles. The molecule has 44 valence electrons. The van der Waals surface area contributed by atoms with Crippen LogP contribution in [-0.2, 0) is 0 Å². The van der Waals surface area contributed by atoms with Crippen LogP contribution >= 0.6 is 0 Å². The topological polar surface area (TPSA) is 53.0 Å². The van der Waals surface area contributed by atoms with E-state index in [2.05, 4.69) is 0 Å². The second-order valence-corrected chi connectivity index (χ2v) is 2.06. The van der Waals surface area contributed by atoms with Gasteiger partial charge in [0.1, 0.15) is 6.54 Å². The fourth-order valence-electron chi connectivity index (χ4n) is 0.617. The predicted octanol–water partition coefficient (Wildman–Crippen LogP) is -0.152. The summed E-state index contributed by atoms with van der Waals surface area (Å²) in [7, 11) is 0. The van der Waals surface area contributed by atoms with Crippen LogP contribution in [0.15, 0.2) is 0 Å². The number of hydrogen-bond acceptors (Lipinski definition) is 3. The van der Waals surface area contributed by atoms with Crippen molar-refractivity contribution in [3.63, 3.8) is 0 Å². The molecule has 1 rings (SSSR count). The van der Waals surface area contributed by atoms with Crippen LogP contribution < -0.4 is 5.84 Å². The Morgan fingerprint density at radius 2 is 2.38 bits per heavy atom. The van der Waals surface area contributed by atoms with Gasteiger partial charge in [-0.2, -0.15) is 5.26 Å². The average Bonchev–Trinajstić information content (AvgIpc) is 2.45. The second-order valence-electron chi connectivity index (χ2n) is 2.06. The van der Waals surface area contributed by atoms with Crippen LogP contribution in [0, 0.1) is 11.3 Å². The molecule has 8 heavy (non-hydrogen) atoms. The van der Waals surface area contributed by atoms with Crippen molar-refractivity contribution in [1.82, 2.24) is 5.01 Å². The average molecular weight is 111 g/mol. The van der Waals surface area contributed by atoms with Crippen molar-refractivity contribution in [1.29, 1.82) is 5.26 Å². The van der Waals surface area contributed by atoms with Gasteiger partial charge in [0.15, 0.2) is 0 Å². The van der Waals surface area contributed by atoms with Crippen LogP contribution in [0.4, 0.5) is 0 Å². The summed E-state index contributed by atoms with van der Waals surface area (Å²) < 4.78 is 0. The van der Waals surface area contributed by atoms with E-state index in [1.165, 1.54) is 0 Å². The molecule has 3 nitrogen and oxygen atoms in total. The fraction of sp³-hybridized carbons (Fsp3) is 0.800. The lowest BCUT2D eigenvalue weighted by atomic mass is 10.6. The van der Waals surface area contributed by atoms with Gasteiger partial charge < -0.3 is 0 Å². The number of nitrogens with two attached hydrogens (primary N) is 1. The van der Waals surface area contributed by atoms with Gasteiger partial charge in [0, 0.05) is 6.04 Å². The quantitative estimate of drug-likeness (QED) is 0.306. The van der Waals surface area contributed by atoms with Crippen molar-refractivity contribution < 1.29 is 0 Å². The van der Waals surface area contributed by atoms with E-state index in [0.29, 0.717) is 12.6 Å². The Balaban J connectivity index is 2.15. The predicted molar refractivity (Wildman–Crippen MR) is 29.5 cm³/mol. The van der Waals surface area contributed by atoms with E-state index >= 15 is 0 Å². The third-order valence-corrected chi connectivity index (χ3v) is 1.27. The minimum absolute atomic E-state index is 0.366. The number of rotatable bonds is 2. The zero-order valence-corrected chi connectivity index (χ0v) is 4.67. The van der Waals surface area contributed by atoms with Gasteiger partial charge in [-0.3, -0.25) is 5.84 Å². The zero-order valence-electron chi connectivity index (χ0n) is 4.67. The number of hydrazine groups is 1. The van der Waals surface area contributed by atoms with Crippen molar-refractivity contribution in [3.8, 4) is 6.07 Å². The summed E-state index contributed by atoms with van der Waals surface area (Å²) in [4.78, 5) is 0. The summed E-state index contributed by atoms with van der Waals surface area (Å²) in [5.41, 5.74) is 0. The Hall–Kier alpha value is -0.590. The third kappa shape index (κ3) is 1.19. The number of nitriles is 1. The molecule has 1 aliphatic rings. The highest BCUT2D eigenvalue weighted by molar-refractivity contribution is 4.86. The van der Waals surface area contributed by atoms with Crippen molar-refractivity contribution in [2.24, 2.45) is 5.84 Å². The van der Waals surface area contributed by atoms with Crippen molar-refractivity contribution in [3.05, 3.63) is 0 Å². The van der Waals surface area contributed by atoms with E-state index in [1.54, 1.807) is 5.01 Å². The molecule has 0 amide bonds. The molecule has 0 aromatic heterocycles. The van der Waals surface area contributed by atoms with Gasteiger partial charge in [-0.15, -0.1) is 0 Å². The Bertz CT molecular complexity index is 111. The van der Waals surface area contributed by atoms with Gasteiger partial charge in [0.2, 0.25) is 0 Å². The molecule has 0 atom stereocenters. The van der Waals surface area contributed by atoms with E-state index in [0.717, 1.165) is 12.8 Å². The molecule has 0 radical (unpaired) electrons. The highest BCUT2D eigenvalue weighted by atomic mass is 15.4. The summed E-state index contributed by atoms with van der Waals surface area (Å²) in [6, 6.07) is 2.50. The molecule has 0 saturated heterocycles. The van der Waals surface area contributed by atoms with E-state index in [4.69, 9.17) is 11.1 Å². The molecule has 1 aliphatic carbocycles. The lowest BCUT2D eigenvalue weighted by Crippen LogP contribution is -2.33. The normalized spacial score (nSPS) is 18.6. The maximum atomic E-state index is 8.14. The molecule has 0 aliphatic heterocycles. The monoisotopic (exact) mass is 111 g/mol. The Morgan fingerprint density at radius 1 is 1.75 bits per heavy atom. The first kappa shape index (κ1) is 5.54. The first-order valence-electron chi connectivity index (χ1n) is 2.73. The van der Waals surface area contributed by atoms with Crippen molar-refractivity contribution in [2.75, 3.05) is 6.54 Å². The molecule has 0 bridgehead atoms. The molecular weight excluding hydrogens is 102 g/mol.